The highest BCUT2D eigenvalue weighted by Gasteiger charge is 2.40. The largest absolute Gasteiger partial charge is 0.496 e. The van der Waals surface area contributed by atoms with Crippen molar-refractivity contribution in [3.05, 3.63) is 17.7 Å². The summed E-state index contributed by atoms with van der Waals surface area (Å²) in [5, 5.41) is 0. The van der Waals surface area contributed by atoms with E-state index in [4.69, 9.17) is 14.2 Å². The van der Waals surface area contributed by atoms with Gasteiger partial charge in [-0.3, -0.25) is 0 Å². The van der Waals surface area contributed by atoms with E-state index >= 15 is 0 Å². The van der Waals surface area contributed by atoms with Crippen molar-refractivity contribution >= 4 is 27.7 Å². The van der Waals surface area contributed by atoms with E-state index < -0.39 is 0 Å². The molecule has 1 heterocycles. The molecular weight excluding hydrogens is 304 g/mol. The fourth-order valence-corrected chi connectivity index (χ4v) is 3.02. The number of hydrogen-bond acceptors (Lipinski definition) is 4. The molecule has 2 rings (SSSR count). The number of methoxy groups -OCH3 is 2. The summed E-state index contributed by atoms with van der Waals surface area (Å²) in [5.41, 5.74) is 1.08. The van der Waals surface area contributed by atoms with E-state index in [0.717, 1.165) is 22.0 Å². The van der Waals surface area contributed by atoms with Crippen LogP contribution in [0.25, 0.3) is 0 Å². The van der Waals surface area contributed by atoms with Gasteiger partial charge >= 0.3 is 0 Å². The molecule has 3 nitrogen and oxygen atoms in total. The van der Waals surface area contributed by atoms with Crippen LogP contribution in [0.5, 0.6) is 11.5 Å². The van der Waals surface area contributed by atoms with Gasteiger partial charge in [-0.15, -0.1) is 11.8 Å². The lowest BCUT2D eigenvalue weighted by atomic mass is 9.96. The molecule has 1 aromatic carbocycles. The summed E-state index contributed by atoms with van der Waals surface area (Å²) < 4.78 is 16.0. The Labute approximate surface area is 114 Å². The third kappa shape index (κ3) is 2.28. The second-order valence-corrected chi connectivity index (χ2v) is 6.23. The second kappa shape index (κ2) is 5.08. The lowest BCUT2D eigenvalue weighted by molar-refractivity contribution is -0.00799. The normalized spacial score (nSPS) is 17.4. The summed E-state index contributed by atoms with van der Waals surface area (Å²) in [6, 6.07) is 4.04. The number of alkyl halides is 1. The number of halogens is 1. The predicted octanol–water partition coefficient (Wildman–Crippen LogP) is 3.05. The quantitative estimate of drug-likeness (QED) is 0.630. The lowest BCUT2D eigenvalue weighted by Gasteiger charge is -2.37. The average molecular weight is 319 g/mol. The van der Waals surface area contributed by atoms with Crippen LogP contribution in [0, 0.1) is 0 Å². The van der Waals surface area contributed by atoms with Gasteiger partial charge in [0.2, 0.25) is 0 Å². The Kier molecular flexibility index (Phi) is 3.90. The van der Waals surface area contributed by atoms with Crippen LogP contribution in [0.4, 0.5) is 0 Å². The van der Waals surface area contributed by atoms with Crippen LogP contribution < -0.4 is 9.47 Å². The molecule has 0 spiro atoms. The summed E-state index contributed by atoms with van der Waals surface area (Å²) in [6.45, 7) is 1.32. The number of rotatable bonds is 4. The monoisotopic (exact) mass is 318 g/mol. The SMILES string of the molecule is COc1cc(C2(Br)COC2)c(OC)cc1SC. The zero-order valence-electron chi connectivity index (χ0n) is 10.1. The van der Waals surface area contributed by atoms with E-state index in [0.29, 0.717) is 13.2 Å². The van der Waals surface area contributed by atoms with E-state index in [1.165, 1.54) is 0 Å². The summed E-state index contributed by atoms with van der Waals surface area (Å²) in [5.74, 6) is 1.74. The van der Waals surface area contributed by atoms with Gasteiger partial charge in [0, 0.05) is 5.56 Å². The molecule has 0 saturated carbocycles. The molecule has 17 heavy (non-hydrogen) atoms. The summed E-state index contributed by atoms with van der Waals surface area (Å²) in [7, 11) is 3.37. The maximum Gasteiger partial charge on any atom is 0.133 e. The standard InChI is InChI=1S/C12H15BrO3S/c1-14-9-5-11(17-3)10(15-2)4-8(9)12(13)6-16-7-12/h4-5H,6-7H2,1-3H3. The zero-order valence-corrected chi connectivity index (χ0v) is 12.5. The van der Waals surface area contributed by atoms with Gasteiger partial charge in [-0.2, -0.15) is 0 Å². The Hall–Kier alpha value is -0.390. The number of benzene rings is 1. The molecule has 1 aliphatic rings. The van der Waals surface area contributed by atoms with E-state index in [9.17, 15) is 0 Å². The predicted molar refractivity (Wildman–Crippen MR) is 72.8 cm³/mol. The molecule has 94 valence electrons. The van der Waals surface area contributed by atoms with Crippen molar-refractivity contribution in [3.63, 3.8) is 0 Å². The van der Waals surface area contributed by atoms with E-state index in [1.807, 2.05) is 18.4 Å². The first-order valence-corrected chi connectivity index (χ1v) is 7.23. The Morgan fingerprint density at radius 3 is 2.29 bits per heavy atom. The first kappa shape index (κ1) is 13.1. The molecule has 0 radical (unpaired) electrons. The molecule has 1 aromatic rings. The van der Waals surface area contributed by atoms with Gasteiger partial charge < -0.3 is 14.2 Å². The maximum atomic E-state index is 5.45. The van der Waals surface area contributed by atoms with Gasteiger partial charge in [-0.25, -0.2) is 0 Å². The molecule has 0 N–H and O–H groups in total. The van der Waals surface area contributed by atoms with Crippen LogP contribution in [-0.2, 0) is 9.06 Å². The Morgan fingerprint density at radius 1 is 1.24 bits per heavy atom. The van der Waals surface area contributed by atoms with E-state index in [1.54, 1.807) is 26.0 Å². The third-order valence-corrected chi connectivity index (χ3v) is 4.49. The third-order valence-electron chi connectivity index (χ3n) is 2.85. The molecule has 1 fully saturated rings. The van der Waals surface area contributed by atoms with Crippen molar-refractivity contribution in [2.24, 2.45) is 0 Å². The van der Waals surface area contributed by atoms with Crippen LogP contribution in [0.15, 0.2) is 17.0 Å². The van der Waals surface area contributed by atoms with Crippen molar-refractivity contribution in [1.29, 1.82) is 0 Å². The van der Waals surface area contributed by atoms with Crippen LogP contribution in [0.1, 0.15) is 5.56 Å². The highest BCUT2D eigenvalue weighted by molar-refractivity contribution is 9.09. The van der Waals surface area contributed by atoms with Crippen LogP contribution >= 0.6 is 27.7 Å². The molecule has 0 bridgehead atoms. The minimum absolute atomic E-state index is 0.136. The molecule has 0 unspecified atom stereocenters. The fraction of sp³-hybridized carbons (Fsp3) is 0.500. The Balaban J connectivity index is 2.49. The average Bonchev–Trinajstić information content (AvgIpc) is 2.34. The second-order valence-electron chi connectivity index (χ2n) is 3.87. The highest BCUT2D eigenvalue weighted by atomic mass is 79.9. The Bertz CT molecular complexity index is 418. The number of hydrogen-bond donors (Lipinski definition) is 0. The molecule has 0 amide bonds. The lowest BCUT2D eigenvalue weighted by Crippen LogP contribution is -2.41. The minimum Gasteiger partial charge on any atom is -0.496 e. The van der Waals surface area contributed by atoms with Gasteiger partial charge in [0.15, 0.2) is 0 Å². The molecule has 0 atom stereocenters. The van der Waals surface area contributed by atoms with Crippen LogP contribution in [-0.4, -0.2) is 33.7 Å². The highest BCUT2D eigenvalue weighted by Crippen LogP contribution is 2.46. The van der Waals surface area contributed by atoms with Gasteiger partial charge in [-0.05, 0) is 18.4 Å². The summed E-state index contributed by atoms with van der Waals surface area (Å²) in [6.07, 6.45) is 2.02. The number of ether oxygens (including phenoxy) is 3. The van der Waals surface area contributed by atoms with Gasteiger partial charge in [0.1, 0.15) is 15.8 Å². The molecule has 5 heteroatoms. The topological polar surface area (TPSA) is 27.7 Å². The molecule has 1 saturated heterocycles. The summed E-state index contributed by atoms with van der Waals surface area (Å²) in [4.78, 5) is 1.07. The fourth-order valence-electron chi connectivity index (χ4n) is 1.82. The first-order valence-electron chi connectivity index (χ1n) is 5.22. The van der Waals surface area contributed by atoms with Crippen molar-refractivity contribution in [3.8, 4) is 11.5 Å². The van der Waals surface area contributed by atoms with E-state index in [-0.39, 0.29) is 4.32 Å². The molecule has 1 aliphatic heterocycles. The van der Waals surface area contributed by atoms with Crippen molar-refractivity contribution in [1.82, 2.24) is 0 Å². The Morgan fingerprint density at radius 2 is 1.88 bits per heavy atom. The van der Waals surface area contributed by atoms with Crippen molar-refractivity contribution in [2.75, 3.05) is 33.7 Å². The zero-order chi connectivity index (χ0) is 12.5. The van der Waals surface area contributed by atoms with Gasteiger partial charge in [-0.1, -0.05) is 15.9 Å². The first-order chi connectivity index (χ1) is 8.14. The summed E-state index contributed by atoms with van der Waals surface area (Å²) >= 11 is 5.35. The van der Waals surface area contributed by atoms with Crippen molar-refractivity contribution in [2.45, 2.75) is 9.22 Å². The maximum absolute atomic E-state index is 5.45. The smallest absolute Gasteiger partial charge is 0.133 e. The van der Waals surface area contributed by atoms with E-state index in [2.05, 4.69) is 15.9 Å². The molecular formula is C12H15BrO3S. The minimum atomic E-state index is -0.136. The van der Waals surface area contributed by atoms with Gasteiger partial charge in [0.25, 0.3) is 0 Å². The van der Waals surface area contributed by atoms with Crippen molar-refractivity contribution < 1.29 is 14.2 Å². The number of thioether (sulfide) groups is 1. The molecule has 0 aliphatic carbocycles. The van der Waals surface area contributed by atoms with Crippen LogP contribution in [0.2, 0.25) is 0 Å². The molecule has 0 aromatic heterocycles. The van der Waals surface area contributed by atoms with Crippen LogP contribution in [0.3, 0.4) is 0 Å². The van der Waals surface area contributed by atoms with Gasteiger partial charge in [0.05, 0.1) is 32.3 Å².